The first-order valence-corrected chi connectivity index (χ1v) is 7.55. The van der Waals surface area contributed by atoms with Crippen molar-refractivity contribution >= 4 is 17.3 Å². The summed E-state index contributed by atoms with van der Waals surface area (Å²) >= 11 is 1.50. The zero-order chi connectivity index (χ0) is 14.7. The van der Waals surface area contributed by atoms with Crippen molar-refractivity contribution < 1.29 is 19.0 Å². The molecule has 0 radical (unpaired) electrons. The minimum Gasteiger partial charge on any atom is -0.490 e. The Labute approximate surface area is 126 Å². The van der Waals surface area contributed by atoms with Crippen LogP contribution in [0.3, 0.4) is 0 Å². The molecular formula is C15H15NO4S. The van der Waals surface area contributed by atoms with Crippen LogP contribution in [0, 0.1) is 0 Å². The van der Waals surface area contributed by atoms with Crippen LogP contribution in [-0.4, -0.2) is 31.3 Å². The maximum absolute atomic E-state index is 11.3. The maximum Gasteiger partial charge on any atom is 0.311 e. The predicted molar refractivity (Wildman–Crippen MR) is 78.9 cm³/mol. The highest BCUT2D eigenvalue weighted by Crippen LogP contribution is 2.35. The van der Waals surface area contributed by atoms with Gasteiger partial charge in [-0.05, 0) is 18.2 Å². The van der Waals surface area contributed by atoms with Crippen molar-refractivity contribution in [3.8, 4) is 22.1 Å². The van der Waals surface area contributed by atoms with Crippen molar-refractivity contribution in [3.05, 3.63) is 29.3 Å². The van der Waals surface area contributed by atoms with Gasteiger partial charge in [-0.2, -0.15) is 0 Å². The largest absolute Gasteiger partial charge is 0.490 e. The molecule has 0 bridgehead atoms. The van der Waals surface area contributed by atoms with E-state index in [2.05, 4.69) is 9.72 Å². The van der Waals surface area contributed by atoms with Gasteiger partial charge in [0.05, 0.1) is 32.4 Å². The van der Waals surface area contributed by atoms with E-state index >= 15 is 0 Å². The zero-order valence-electron chi connectivity index (χ0n) is 11.6. The van der Waals surface area contributed by atoms with Crippen LogP contribution in [0.4, 0.5) is 0 Å². The highest BCUT2D eigenvalue weighted by molar-refractivity contribution is 7.13. The van der Waals surface area contributed by atoms with Crippen molar-refractivity contribution in [2.45, 2.75) is 12.8 Å². The molecule has 0 amide bonds. The number of fused-ring (bicyclic) bond motifs is 1. The van der Waals surface area contributed by atoms with Gasteiger partial charge in [0.1, 0.15) is 5.01 Å². The molecule has 5 nitrogen and oxygen atoms in total. The quantitative estimate of drug-likeness (QED) is 0.816. The molecule has 6 heteroatoms. The first-order chi connectivity index (χ1) is 10.3. The Bertz CT molecular complexity index is 653. The summed E-state index contributed by atoms with van der Waals surface area (Å²) in [7, 11) is 1.37. The van der Waals surface area contributed by atoms with E-state index in [0.29, 0.717) is 18.9 Å². The number of esters is 1. The van der Waals surface area contributed by atoms with Crippen molar-refractivity contribution in [3.63, 3.8) is 0 Å². The van der Waals surface area contributed by atoms with E-state index in [-0.39, 0.29) is 12.4 Å². The normalized spacial score (nSPS) is 13.6. The van der Waals surface area contributed by atoms with E-state index in [4.69, 9.17) is 9.47 Å². The maximum atomic E-state index is 11.3. The molecule has 1 aliphatic heterocycles. The molecule has 0 spiro atoms. The van der Waals surface area contributed by atoms with E-state index in [0.717, 1.165) is 28.5 Å². The predicted octanol–water partition coefficient (Wildman–Crippen LogP) is 2.69. The van der Waals surface area contributed by atoms with Crippen LogP contribution in [0.2, 0.25) is 0 Å². The molecule has 0 N–H and O–H groups in total. The second-order valence-electron chi connectivity index (χ2n) is 4.61. The monoisotopic (exact) mass is 305 g/mol. The molecule has 1 aromatic carbocycles. The smallest absolute Gasteiger partial charge is 0.311 e. The van der Waals surface area contributed by atoms with Crippen LogP contribution < -0.4 is 9.47 Å². The van der Waals surface area contributed by atoms with Crippen LogP contribution in [0.5, 0.6) is 11.5 Å². The fourth-order valence-corrected chi connectivity index (χ4v) is 2.85. The summed E-state index contributed by atoms with van der Waals surface area (Å²) in [6, 6.07) is 5.78. The molecule has 0 saturated heterocycles. The van der Waals surface area contributed by atoms with Crippen molar-refractivity contribution in [1.29, 1.82) is 0 Å². The van der Waals surface area contributed by atoms with Gasteiger partial charge >= 0.3 is 5.97 Å². The van der Waals surface area contributed by atoms with Crippen molar-refractivity contribution in [1.82, 2.24) is 4.98 Å². The number of methoxy groups -OCH3 is 1. The third kappa shape index (κ3) is 3.16. The Hall–Kier alpha value is -2.08. The van der Waals surface area contributed by atoms with Crippen LogP contribution in [-0.2, 0) is 16.0 Å². The molecule has 0 fully saturated rings. The highest BCUT2D eigenvalue weighted by atomic mass is 32.1. The number of hydrogen-bond acceptors (Lipinski definition) is 6. The van der Waals surface area contributed by atoms with E-state index < -0.39 is 0 Å². The average Bonchev–Trinajstić information content (AvgIpc) is 2.83. The average molecular weight is 305 g/mol. The molecule has 0 unspecified atom stereocenters. The number of hydrogen-bond donors (Lipinski definition) is 0. The van der Waals surface area contributed by atoms with Gasteiger partial charge in [0, 0.05) is 17.4 Å². The molecule has 1 aliphatic rings. The van der Waals surface area contributed by atoms with E-state index in [1.807, 2.05) is 23.6 Å². The van der Waals surface area contributed by atoms with Gasteiger partial charge < -0.3 is 14.2 Å². The molecule has 0 aliphatic carbocycles. The lowest BCUT2D eigenvalue weighted by Crippen LogP contribution is -2.04. The third-order valence-electron chi connectivity index (χ3n) is 3.10. The van der Waals surface area contributed by atoms with E-state index in [1.54, 1.807) is 0 Å². The minimum absolute atomic E-state index is 0.192. The molecule has 0 atom stereocenters. The van der Waals surface area contributed by atoms with Gasteiger partial charge in [0.2, 0.25) is 0 Å². The fraction of sp³-hybridized carbons (Fsp3) is 0.333. The molecule has 2 heterocycles. The number of rotatable bonds is 3. The molecule has 1 aromatic heterocycles. The lowest BCUT2D eigenvalue weighted by Gasteiger charge is -2.07. The van der Waals surface area contributed by atoms with Gasteiger partial charge in [-0.15, -0.1) is 11.3 Å². The Balaban J connectivity index is 1.84. The van der Waals surface area contributed by atoms with Crippen LogP contribution in [0.25, 0.3) is 10.6 Å². The Kier molecular flexibility index (Phi) is 4.06. The van der Waals surface area contributed by atoms with Gasteiger partial charge in [-0.25, -0.2) is 4.98 Å². The fourth-order valence-electron chi connectivity index (χ4n) is 2.04. The number of benzene rings is 1. The summed E-state index contributed by atoms with van der Waals surface area (Å²) in [5.74, 6) is 1.22. The molecule has 0 saturated carbocycles. The SMILES string of the molecule is COC(=O)Cc1csc(-c2ccc3c(c2)OCCCO3)n1. The van der Waals surface area contributed by atoms with Crippen molar-refractivity contribution in [2.24, 2.45) is 0 Å². The van der Waals surface area contributed by atoms with Crippen LogP contribution in [0.15, 0.2) is 23.6 Å². The topological polar surface area (TPSA) is 57.7 Å². The van der Waals surface area contributed by atoms with E-state index in [1.165, 1.54) is 18.4 Å². The van der Waals surface area contributed by atoms with Gasteiger partial charge in [-0.3, -0.25) is 4.79 Å². The number of ether oxygens (including phenoxy) is 3. The second-order valence-corrected chi connectivity index (χ2v) is 5.47. The summed E-state index contributed by atoms with van der Waals surface area (Å²) < 4.78 is 15.9. The summed E-state index contributed by atoms with van der Waals surface area (Å²) in [6.45, 7) is 1.33. The molecule has 3 rings (SSSR count). The summed E-state index contributed by atoms with van der Waals surface area (Å²) in [4.78, 5) is 15.7. The Morgan fingerprint density at radius 2 is 2.14 bits per heavy atom. The van der Waals surface area contributed by atoms with Crippen LogP contribution >= 0.6 is 11.3 Å². The standard InChI is InChI=1S/C15H15NO4S/c1-18-14(17)8-11-9-21-15(16-11)10-3-4-12-13(7-10)20-6-2-5-19-12/h3-4,7,9H,2,5-6,8H2,1H3. The number of carbonyl (C=O) groups excluding carboxylic acids is 1. The first kappa shape index (κ1) is 13.9. The Morgan fingerprint density at radius 3 is 2.95 bits per heavy atom. The number of aromatic nitrogens is 1. The van der Waals surface area contributed by atoms with Gasteiger partial charge in [0.15, 0.2) is 11.5 Å². The lowest BCUT2D eigenvalue weighted by atomic mass is 10.2. The summed E-state index contributed by atoms with van der Waals surface area (Å²) in [5.41, 5.74) is 1.68. The number of thiazole rings is 1. The van der Waals surface area contributed by atoms with Crippen LogP contribution in [0.1, 0.15) is 12.1 Å². The van der Waals surface area contributed by atoms with Gasteiger partial charge in [-0.1, -0.05) is 0 Å². The Morgan fingerprint density at radius 1 is 1.33 bits per heavy atom. The number of carbonyl (C=O) groups is 1. The third-order valence-corrected chi connectivity index (χ3v) is 4.04. The van der Waals surface area contributed by atoms with E-state index in [9.17, 15) is 4.79 Å². The minimum atomic E-state index is -0.287. The summed E-state index contributed by atoms with van der Waals surface area (Å²) in [6.07, 6.45) is 1.07. The molecular weight excluding hydrogens is 290 g/mol. The zero-order valence-corrected chi connectivity index (χ0v) is 12.4. The van der Waals surface area contributed by atoms with Gasteiger partial charge in [0.25, 0.3) is 0 Å². The molecule has 110 valence electrons. The first-order valence-electron chi connectivity index (χ1n) is 6.67. The highest BCUT2D eigenvalue weighted by Gasteiger charge is 2.14. The molecule has 21 heavy (non-hydrogen) atoms. The second kappa shape index (κ2) is 6.13. The lowest BCUT2D eigenvalue weighted by molar-refractivity contribution is -0.139. The molecule has 2 aromatic rings. The summed E-state index contributed by atoms with van der Waals surface area (Å²) in [5, 5.41) is 2.72. The number of nitrogens with zero attached hydrogens (tertiary/aromatic N) is 1. The van der Waals surface area contributed by atoms with Crippen molar-refractivity contribution in [2.75, 3.05) is 20.3 Å².